The zero-order chi connectivity index (χ0) is 26.6. The molecule has 11 heteroatoms. The molecule has 4 rings (SSSR count). The van der Waals surface area contributed by atoms with Crippen LogP contribution in [0, 0.1) is 0 Å². The molecule has 0 unspecified atom stereocenters. The van der Waals surface area contributed by atoms with Crippen molar-refractivity contribution in [1.82, 2.24) is 24.6 Å². The Hall–Kier alpha value is -4.12. The number of carbonyl (C=O) groups is 1. The number of hydrogen-bond acceptors (Lipinski definition) is 6. The summed E-state index contributed by atoms with van der Waals surface area (Å²) < 4.78 is 42.4. The van der Waals surface area contributed by atoms with Crippen LogP contribution in [0.15, 0.2) is 61.1 Å². The van der Waals surface area contributed by atoms with E-state index < -0.39 is 17.5 Å². The van der Waals surface area contributed by atoms with E-state index in [1.54, 1.807) is 24.3 Å². The number of aromatic nitrogens is 3. The third-order valence-corrected chi connectivity index (χ3v) is 6.03. The SMILES string of the molecule is CCN(CC)CCNC(=O)c1ccc(Nc2ncc(-c3ccc(O)cc3C(F)(F)F)n3ccnc23)cc1. The highest BCUT2D eigenvalue weighted by molar-refractivity contribution is 5.94. The number of alkyl halides is 3. The molecule has 194 valence electrons. The van der Waals surface area contributed by atoms with Crippen molar-refractivity contribution in [3.63, 3.8) is 0 Å². The van der Waals surface area contributed by atoms with Gasteiger partial charge in [0.25, 0.3) is 5.91 Å². The van der Waals surface area contributed by atoms with Crippen LogP contribution in [-0.2, 0) is 6.18 Å². The van der Waals surface area contributed by atoms with Crippen LogP contribution in [0.2, 0.25) is 0 Å². The van der Waals surface area contributed by atoms with Gasteiger partial charge in [0.15, 0.2) is 11.5 Å². The number of hydrogen-bond donors (Lipinski definition) is 3. The summed E-state index contributed by atoms with van der Waals surface area (Å²) in [5.41, 5.74) is 0.510. The van der Waals surface area contributed by atoms with E-state index in [4.69, 9.17) is 0 Å². The van der Waals surface area contributed by atoms with Crippen LogP contribution >= 0.6 is 0 Å². The lowest BCUT2D eigenvalue weighted by Gasteiger charge is -2.18. The third kappa shape index (κ3) is 5.83. The fraction of sp³-hybridized carbons (Fsp3) is 0.269. The number of nitrogens with zero attached hydrogens (tertiary/aromatic N) is 4. The average Bonchev–Trinajstić information content (AvgIpc) is 3.37. The highest BCUT2D eigenvalue weighted by Gasteiger charge is 2.35. The summed E-state index contributed by atoms with van der Waals surface area (Å²) in [4.78, 5) is 23.2. The van der Waals surface area contributed by atoms with Crippen molar-refractivity contribution in [3.05, 3.63) is 72.2 Å². The Kier molecular flexibility index (Phi) is 7.63. The van der Waals surface area contributed by atoms with Gasteiger partial charge in [-0.25, -0.2) is 9.97 Å². The maximum Gasteiger partial charge on any atom is 0.417 e. The Morgan fingerprint density at radius 3 is 2.49 bits per heavy atom. The molecule has 3 N–H and O–H groups in total. The fourth-order valence-corrected chi connectivity index (χ4v) is 4.01. The molecule has 2 aromatic carbocycles. The molecule has 0 aliphatic heterocycles. The number of halogens is 3. The zero-order valence-corrected chi connectivity index (χ0v) is 20.4. The molecule has 0 radical (unpaired) electrons. The summed E-state index contributed by atoms with van der Waals surface area (Å²) in [6, 6.07) is 9.88. The van der Waals surface area contributed by atoms with Crippen LogP contribution in [0.4, 0.5) is 24.7 Å². The number of phenolic OH excluding ortho intramolecular Hbond substituents is 1. The Morgan fingerprint density at radius 1 is 1.08 bits per heavy atom. The van der Waals surface area contributed by atoms with Crippen molar-refractivity contribution in [2.24, 2.45) is 0 Å². The molecule has 0 atom stereocenters. The van der Waals surface area contributed by atoms with Crippen molar-refractivity contribution >= 4 is 23.1 Å². The molecule has 2 aromatic heterocycles. The minimum absolute atomic E-state index is 0.135. The number of imidazole rings is 1. The van der Waals surface area contributed by atoms with Gasteiger partial charge in [0.1, 0.15) is 5.75 Å². The standard InChI is InChI=1S/C26H27F3N6O2/c1-3-34(4-2)13-11-31-25(37)17-5-7-18(8-6-17)33-23-24-30-12-14-35(24)22(16-32-23)20-10-9-19(36)15-21(20)26(27,28)29/h5-10,12,14-16,36H,3-4,11,13H2,1-2H3,(H,31,37)(H,32,33). The normalized spacial score (nSPS) is 11.7. The molecule has 0 saturated carbocycles. The van der Waals surface area contributed by atoms with Crippen molar-refractivity contribution in [3.8, 4) is 17.0 Å². The minimum atomic E-state index is -4.67. The highest BCUT2D eigenvalue weighted by Crippen LogP contribution is 2.39. The Labute approximate surface area is 211 Å². The van der Waals surface area contributed by atoms with Crippen LogP contribution in [0.1, 0.15) is 29.8 Å². The summed E-state index contributed by atoms with van der Waals surface area (Å²) in [6.07, 6.45) is -0.352. The molecular formula is C26H27F3N6O2. The number of fused-ring (bicyclic) bond motifs is 1. The topological polar surface area (TPSA) is 94.8 Å². The first-order valence-corrected chi connectivity index (χ1v) is 11.8. The molecule has 0 saturated heterocycles. The van der Waals surface area contributed by atoms with Gasteiger partial charge in [0.2, 0.25) is 0 Å². The maximum atomic E-state index is 13.6. The lowest BCUT2D eigenvalue weighted by atomic mass is 10.0. The molecule has 0 aliphatic carbocycles. The predicted octanol–water partition coefficient (Wildman–Crippen LogP) is 4.94. The maximum absolute atomic E-state index is 13.6. The summed E-state index contributed by atoms with van der Waals surface area (Å²) in [6.45, 7) is 7.31. The summed E-state index contributed by atoms with van der Waals surface area (Å²) >= 11 is 0. The smallest absolute Gasteiger partial charge is 0.417 e. The van der Waals surface area contributed by atoms with Crippen molar-refractivity contribution in [1.29, 1.82) is 0 Å². The Bertz CT molecular complexity index is 1380. The molecular weight excluding hydrogens is 485 g/mol. The zero-order valence-electron chi connectivity index (χ0n) is 20.4. The second-order valence-corrected chi connectivity index (χ2v) is 8.33. The molecule has 4 aromatic rings. The molecule has 0 aliphatic rings. The van der Waals surface area contributed by atoms with E-state index in [0.717, 1.165) is 19.6 Å². The van der Waals surface area contributed by atoms with Crippen LogP contribution in [0.25, 0.3) is 16.9 Å². The minimum Gasteiger partial charge on any atom is -0.508 e. The van der Waals surface area contributed by atoms with Crippen LogP contribution in [-0.4, -0.2) is 56.5 Å². The monoisotopic (exact) mass is 512 g/mol. The predicted molar refractivity (Wildman–Crippen MR) is 135 cm³/mol. The number of likely N-dealkylation sites (N-methyl/N-ethyl adjacent to an activating group) is 1. The fourth-order valence-electron chi connectivity index (χ4n) is 4.01. The number of phenols is 1. The molecule has 0 bridgehead atoms. The van der Waals surface area contributed by atoms with Gasteiger partial charge in [-0.1, -0.05) is 13.8 Å². The van der Waals surface area contributed by atoms with Gasteiger partial charge in [-0.2, -0.15) is 13.2 Å². The van der Waals surface area contributed by atoms with Crippen molar-refractivity contribution in [2.45, 2.75) is 20.0 Å². The van der Waals surface area contributed by atoms with E-state index in [1.807, 2.05) is 0 Å². The van der Waals surface area contributed by atoms with Crippen LogP contribution < -0.4 is 10.6 Å². The number of carbonyl (C=O) groups excluding carboxylic acids is 1. The number of nitrogens with one attached hydrogen (secondary N) is 2. The van der Waals surface area contributed by atoms with Crippen molar-refractivity contribution in [2.75, 3.05) is 31.5 Å². The number of aromatic hydroxyl groups is 1. The number of benzene rings is 2. The number of anilines is 2. The van der Waals surface area contributed by atoms with Gasteiger partial charge in [-0.15, -0.1) is 0 Å². The van der Waals surface area contributed by atoms with E-state index in [-0.39, 0.29) is 17.2 Å². The first kappa shape index (κ1) is 26.0. The largest absolute Gasteiger partial charge is 0.508 e. The Morgan fingerprint density at radius 2 is 1.81 bits per heavy atom. The molecule has 0 spiro atoms. The third-order valence-electron chi connectivity index (χ3n) is 6.03. The number of rotatable bonds is 9. The van der Waals surface area contributed by atoms with Gasteiger partial charge >= 0.3 is 6.18 Å². The summed E-state index contributed by atoms with van der Waals surface area (Å²) in [5.74, 6) is -0.325. The van der Waals surface area contributed by atoms with E-state index in [1.165, 1.54) is 35.1 Å². The van der Waals surface area contributed by atoms with E-state index in [9.17, 15) is 23.1 Å². The van der Waals surface area contributed by atoms with Crippen LogP contribution in [0.5, 0.6) is 5.75 Å². The molecule has 8 nitrogen and oxygen atoms in total. The van der Waals surface area contributed by atoms with Gasteiger partial charge in [-0.3, -0.25) is 9.20 Å². The molecule has 2 heterocycles. The molecule has 37 heavy (non-hydrogen) atoms. The first-order chi connectivity index (χ1) is 17.7. The Balaban J connectivity index is 1.53. The van der Waals surface area contributed by atoms with Gasteiger partial charge < -0.3 is 20.6 Å². The lowest BCUT2D eigenvalue weighted by molar-refractivity contribution is -0.137. The van der Waals surface area contributed by atoms with Crippen molar-refractivity contribution < 1.29 is 23.1 Å². The highest BCUT2D eigenvalue weighted by atomic mass is 19.4. The van der Waals surface area contributed by atoms with Gasteiger partial charge in [-0.05, 0) is 55.6 Å². The van der Waals surface area contributed by atoms with E-state index in [2.05, 4.69) is 39.3 Å². The van der Waals surface area contributed by atoms with Crippen LogP contribution in [0.3, 0.4) is 0 Å². The second-order valence-electron chi connectivity index (χ2n) is 8.33. The summed E-state index contributed by atoms with van der Waals surface area (Å²) in [5, 5.41) is 15.6. The van der Waals surface area contributed by atoms with E-state index in [0.29, 0.717) is 35.3 Å². The lowest BCUT2D eigenvalue weighted by Crippen LogP contribution is -2.34. The molecule has 0 fully saturated rings. The number of amides is 1. The summed E-state index contributed by atoms with van der Waals surface area (Å²) in [7, 11) is 0. The quantitative estimate of drug-likeness (QED) is 0.294. The first-order valence-electron chi connectivity index (χ1n) is 11.8. The average molecular weight is 513 g/mol. The second kappa shape index (κ2) is 10.9. The van der Waals surface area contributed by atoms with Gasteiger partial charge in [0, 0.05) is 42.3 Å². The molecule has 1 amide bonds. The van der Waals surface area contributed by atoms with Gasteiger partial charge in [0.05, 0.1) is 17.5 Å². The van der Waals surface area contributed by atoms with E-state index >= 15 is 0 Å².